The molecule has 4 nitrogen and oxygen atoms in total. The second-order valence-corrected chi connectivity index (χ2v) is 5.82. The molecular weight excluding hydrogens is 330 g/mol. The van der Waals surface area contributed by atoms with E-state index in [-0.39, 0.29) is 17.2 Å². The van der Waals surface area contributed by atoms with Crippen LogP contribution in [0.1, 0.15) is 15.2 Å². The van der Waals surface area contributed by atoms with Crippen molar-refractivity contribution in [3.05, 3.63) is 51.3 Å². The van der Waals surface area contributed by atoms with Gasteiger partial charge in [0.15, 0.2) is 0 Å². The highest BCUT2D eigenvalue weighted by Gasteiger charge is 2.09. The summed E-state index contributed by atoms with van der Waals surface area (Å²) >= 11 is 4.39. The van der Waals surface area contributed by atoms with Crippen molar-refractivity contribution in [3.63, 3.8) is 0 Å². The van der Waals surface area contributed by atoms with Crippen LogP contribution in [0.15, 0.2) is 40.9 Å². The molecular formula is C13H10BrNO3S. The van der Waals surface area contributed by atoms with E-state index in [9.17, 15) is 9.59 Å². The monoisotopic (exact) mass is 339 g/mol. The zero-order valence-corrected chi connectivity index (χ0v) is 12.1. The third-order valence-corrected chi connectivity index (χ3v) is 3.82. The normalized spacial score (nSPS) is 10.2. The number of thiophene rings is 1. The Balaban J connectivity index is 1.99. The van der Waals surface area contributed by atoms with Gasteiger partial charge in [-0.1, -0.05) is 28.1 Å². The molecule has 2 N–H and O–H groups in total. The summed E-state index contributed by atoms with van der Waals surface area (Å²) < 4.78 is 0.919. The first-order valence-electron chi connectivity index (χ1n) is 5.42. The highest BCUT2D eigenvalue weighted by Crippen LogP contribution is 2.22. The zero-order chi connectivity index (χ0) is 13.8. The van der Waals surface area contributed by atoms with Gasteiger partial charge in [0.2, 0.25) is 5.91 Å². The number of hydrogen-bond acceptors (Lipinski definition) is 3. The fraction of sp³-hybridized carbons (Fsp3) is 0.0769. The van der Waals surface area contributed by atoms with Crippen LogP contribution >= 0.6 is 27.3 Å². The van der Waals surface area contributed by atoms with Crippen LogP contribution in [-0.2, 0) is 11.2 Å². The van der Waals surface area contributed by atoms with Gasteiger partial charge in [0.1, 0.15) is 4.88 Å². The molecule has 1 heterocycles. The second-order valence-electron chi connectivity index (χ2n) is 3.82. The largest absolute Gasteiger partial charge is 0.477 e. The number of rotatable bonds is 4. The van der Waals surface area contributed by atoms with Crippen LogP contribution < -0.4 is 5.32 Å². The SMILES string of the molecule is O=C(Cc1cccc(Br)c1)Nc1ccc(C(=O)O)s1. The third kappa shape index (κ3) is 3.90. The van der Waals surface area contributed by atoms with Crippen molar-refractivity contribution in [3.8, 4) is 0 Å². The Morgan fingerprint density at radius 3 is 2.68 bits per heavy atom. The lowest BCUT2D eigenvalue weighted by atomic mass is 10.1. The topological polar surface area (TPSA) is 66.4 Å². The standard InChI is InChI=1S/C13H10BrNO3S/c14-9-3-1-2-8(6-9)7-11(16)15-12-5-4-10(19-12)13(17)18/h1-6H,7H2,(H,15,16)(H,17,18). The van der Waals surface area contributed by atoms with E-state index in [0.717, 1.165) is 21.4 Å². The van der Waals surface area contributed by atoms with Crippen molar-refractivity contribution < 1.29 is 14.7 Å². The maximum Gasteiger partial charge on any atom is 0.345 e. The fourth-order valence-corrected chi connectivity index (χ4v) is 2.74. The molecule has 0 unspecified atom stereocenters. The van der Waals surface area contributed by atoms with Gasteiger partial charge in [-0.05, 0) is 29.8 Å². The number of carboxylic acid groups (broad SMARTS) is 1. The molecule has 98 valence electrons. The van der Waals surface area contributed by atoms with Gasteiger partial charge in [0, 0.05) is 4.47 Å². The molecule has 1 aromatic carbocycles. The molecule has 0 aliphatic carbocycles. The Morgan fingerprint density at radius 2 is 2.05 bits per heavy atom. The number of aromatic carboxylic acids is 1. The highest BCUT2D eigenvalue weighted by molar-refractivity contribution is 9.10. The number of carboxylic acids is 1. The number of amides is 1. The van der Waals surface area contributed by atoms with Crippen LogP contribution in [0, 0.1) is 0 Å². The average Bonchev–Trinajstić information content (AvgIpc) is 2.77. The van der Waals surface area contributed by atoms with Crippen molar-refractivity contribution in [1.82, 2.24) is 0 Å². The number of benzene rings is 1. The first kappa shape index (κ1) is 13.8. The molecule has 6 heteroatoms. The lowest BCUT2D eigenvalue weighted by Gasteiger charge is -2.03. The summed E-state index contributed by atoms with van der Waals surface area (Å²) in [4.78, 5) is 22.7. The first-order valence-corrected chi connectivity index (χ1v) is 7.03. The van der Waals surface area contributed by atoms with Crippen molar-refractivity contribution in [2.75, 3.05) is 5.32 Å². The van der Waals surface area contributed by atoms with E-state index < -0.39 is 5.97 Å². The molecule has 0 spiro atoms. The van der Waals surface area contributed by atoms with Crippen LogP contribution in [0.2, 0.25) is 0 Å². The van der Waals surface area contributed by atoms with Crippen molar-refractivity contribution >= 4 is 44.1 Å². The molecule has 0 saturated heterocycles. The predicted octanol–water partition coefficient (Wildman–Crippen LogP) is 3.39. The minimum atomic E-state index is -0.988. The molecule has 0 atom stereocenters. The third-order valence-electron chi connectivity index (χ3n) is 2.33. The Bertz CT molecular complexity index is 624. The molecule has 0 aliphatic heterocycles. The van der Waals surface area contributed by atoms with Crippen LogP contribution in [-0.4, -0.2) is 17.0 Å². The van der Waals surface area contributed by atoms with Crippen LogP contribution in [0.5, 0.6) is 0 Å². The predicted molar refractivity (Wildman–Crippen MR) is 77.8 cm³/mol. The average molecular weight is 340 g/mol. The summed E-state index contributed by atoms with van der Waals surface area (Å²) in [5.41, 5.74) is 0.891. The van der Waals surface area contributed by atoms with Gasteiger partial charge in [0.05, 0.1) is 11.4 Å². The molecule has 19 heavy (non-hydrogen) atoms. The Morgan fingerprint density at radius 1 is 1.26 bits per heavy atom. The van der Waals surface area contributed by atoms with E-state index in [1.165, 1.54) is 6.07 Å². The lowest BCUT2D eigenvalue weighted by Crippen LogP contribution is -2.13. The maximum atomic E-state index is 11.8. The molecule has 0 aliphatic rings. The molecule has 0 fully saturated rings. The van der Waals surface area contributed by atoms with Gasteiger partial charge >= 0.3 is 5.97 Å². The summed E-state index contributed by atoms with van der Waals surface area (Å²) in [6.45, 7) is 0. The number of nitrogens with one attached hydrogen (secondary N) is 1. The quantitative estimate of drug-likeness (QED) is 0.897. The minimum absolute atomic E-state index is 0.170. The van der Waals surface area contributed by atoms with E-state index >= 15 is 0 Å². The van der Waals surface area contributed by atoms with E-state index in [2.05, 4.69) is 21.2 Å². The fourth-order valence-electron chi connectivity index (χ4n) is 1.53. The molecule has 2 aromatic rings. The summed E-state index contributed by atoms with van der Waals surface area (Å²) in [5.74, 6) is -1.16. The maximum absolute atomic E-state index is 11.8. The zero-order valence-electron chi connectivity index (χ0n) is 9.72. The Hall–Kier alpha value is -1.66. The number of halogens is 1. The van der Waals surface area contributed by atoms with Gasteiger partial charge in [-0.25, -0.2) is 4.79 Å². The first-order chi connectivity index (χ1) is 9.04. The number of carbonyl (C=O) groups is 2. The highest BCUT2D eigenvalue weighted by atomic mass is 79.9. The number of carbonyl (C=O) groups excluding carboxylic acids is 1. The van der Waals surface area contributed by atoms with Crippen LogP contribution in [0.25, 0.3) is 0 Å². The minimum Gasteiger partial charge on any atom is -0.477 e. The Labute approximate surface area is 122 Å². The molecule has 0 bridgehead atoms. The van der Waals surface area contributed by atoms with Gasteiger partial charge in [0.25, 0.3) is 0 Å². The lowest BCUT2D eigenvalue weighted by molar-refractivity contribution is -0.115. The van der Waals surface area contributed by atoms with Crippen LogP contribution in [0.3, 0.4) is 0 Å². The number of hydrogen-bond donors (Lipinski definition) is 2. The molecule has 0 saturated carbocycles. The molecule has 1 aromatic heterocycles. The summed E-state index contributed by atoms with van der Waals surface area (Å²) in [6.07, 6.45) is 0.250. The van der Waals surface area contributed by atoms with E-state index in [4.69, 9.17) is 5.11 Å². The van der Waals surface area contributed by atoms with E-state index in [0.29, 0.717) is 5.00 Å². The summed E-state index contributed by atoms with van der Waals surface area (Å²) in [6, 6.07) is 10.5. The summed E-state index contributed by atoms with van der Waals surface area (Å²) in [5, 5.41) is 12.0. The van der Waals surface area contributed by atoms with E-state index in [1.54, 1.807) is 6.07 Å². The second kappa shape index (κ2) is 5.99. The summed E-state index contributed by atoms with van der Waals surface area (Å²) in [7, 11) is 0. The molecule has 2 rings (SSSR count). The van der Waals surface area contributed by atoms with Gasteiger partial charge in [-0.3, -0.25) is 4.79 Å². The van der Waals surface area contributed by atoms with E-state index in [1.807, 2.05) is 24.3 Å². The number of anilines is 1. The molecule has 0 radical (unpaired) electrons. The van der Waals surface area contributed by atoms with Crippen molar-refractivity contribution in [1.29, 1.82) is 0 Å². The van der Waals surface area contributed by atoms with Crippen molar-refractivity contribution in [2.24, 2.45) is 0 Å². The van der Waals surface area contributed by atoms with Gasteiger partial charge in [-0.15, -0.1) is 11.3 Å². The van der Waals surface area contributed by atoms with Crippen molar-refractivity contribution in [2.45, 2.75) is 6.42 Å². The van der Waals surface area contributed by atoms with Gasteiger partial charge in [-0.2, -0.15) is 0 Å². The smallest absolute Gasteiger partial charge is 0.345 e. The molecule has 1 amide bonds. The Kier molecular flexibility index (Phi) is 4.34. The van der Waals surface area contributed by atoms with Gasteiger partial charge < -0.3 is 10.4 Å². The van der Waals surface area contributed by atoms with Crippen LogP contribution in [0.4, 0.5) is 5.00 Å².